The highest BCUT2D eigenvalue weighted by molar-refractivity contribution is 5.25. The predicted octanol–water partition coefficient (Wildman–Crippen LogP) is 5.41. The van der Waals surface area contributed by atoms with Gasteiger partial charge in [0, 0.05) is 12.3 Å². The summed E-state index contributed by atoms with van der Waals surface area (Å²) in [6.07, 6.45) is 9.85. The van der Waals surface area contributed by atoms with Gasteiger partial charge in [0.15, 0.2) is 11.7 Å². The summed E-state index contributed by atoms with van der Waals surface area (Å²) in [4.78, 5) is 4.36. The molecule has 1 heterocycles. The molecule has 0 fully saturated rings. The first-order valence-electron chi connectivity index (χ1n) is 8.09. The minimum atomic E-state index is 0.0519. The molecule has 0 aliphatic carbocycles. The van der Waals surface area contributed by atoms with Crippen LogP contribution in [-0.2, 0) is 5.41 Å². The quantitative estimate of drug-likeness (QED) is 0.538. The van der Waals surface area contributed by atoms with Gasteiger partial charge in [0.25, 0.3) is 5.88 Å². The lowest BCUT2D eigenvalue weighted by Crippen LogP contribution is -2.22. The zero-order valence-electron chi connectivity index (χ0n) is 13.9. The second-order valence-corrected chi connectivity index (χ2v) is 6.05. The summed E-state index contributed by atoms with van der Waals surface area (Å²) in [6, 6.07) is 0. The number of oxazole rings is 1. The topological polar surface area (TPSA) is 35.3 Å². The van der Waals surface area contributed by atoms with Crippen molar-refractivity contribution in [3.05, 3.63) is 11.7 Å². The van der Waals surface area contributed by atoms with E-state index in [-0.39, 0.29) is 5.41 Å². The van der Waals surface area contributed by atoms with E-state index in [1.54, 1.807) is 7.11 Å². The number of hydrogen-bond donors (Lipinski definition) is 0. The van der Waals surface area contributed by atoms with Crippen LogP contribution in [0.1, 0.15) is 83.8 Å². The van der Waals surface area contributed by atoms with Crippen molar-refractivity contribution in [1.29, 1.82) is 0 Å². The molecule has 3 nitrogen and oxygen atoms in total. The number of aryl methyl sites for hydroxylation is 1. The van der Waals surface area contributed by atoms with Gasteiger partial charge < -0.3 is 9.15 Å². The Morgan fingerprint density at radius 2 is 1.70 bits per heavy atom. The van der Waals surface area contributed by atoms with E-state index in [1.807, 2.05) is 6.92 Å². The maximum atomic E-state index is 5.89. The fourth-order valence-corrected chi connectivity index (χ4v) is 2.79. The highest BCUT2D eigenvalue weighted by Gasteiger charge is 2.33. The van der Waals surface area contributed by atoms with Crippen molar-refractivity contribution in [1.82, 2.24) is 4.98 Å². The van der Waals surface area contributed by atoms with E-state index in [2.05, 4.69) is 25.8 Å². The number of methoxy groups -OCH3 is 1. The molecule has 1 atom stereocenters. The molecule has 3 heteroatoms. The van der Waals surface area contributed by atoms with Gasteiger partial charge in [0.2, 0.25) is 0 Å². The zero-order valence-corrected chi connectivity index (χ0v) is 13.9. The third kappa shape index (κ3) is 4.53. The predicted molar refractivity (Wildman–Crippen MR) is 83.4 cm³/mol. The molecule has 0 saturated heterocycles. The van der Waals surface area contributed by atoms with Gasteiger partial charge in [0.05, 0.1) is 7.11 Å². The Hall–Kier alpha value is -0.990. The summed E-state index contributed by atoms with van der Waals surface area (Å²) >= 11 is 0. The molecule has 1 rings (SSSR count). The molecule has 0 amide bonds. The van der Waals surface area contributed by atoms with Crippen LogP contribution >= 0.6 is 0 Å². The second-order valence-electron chi connectivity index (χ2n) is 6.05. The van der Waals surface area contributed by atoms with Crippen molar-refractivity contribution in [2.45, 2.75) is 84.5 Å². The normalized spacial score (nSPS) is 14.2. The summed E-state index contributed by atoms with van der Waals surface area (Å²) in [7, 11) is 1.68. The van der Waals surface area contributed by atoms with Crippen LogP contribution in [0.25, 0.3) is 0 Å². The summed E-state index contributed by atoms with van der Waals surface area (Å²) < 4.78 is 11.3. The molecule has 0 spiro atoms. The lowest BCUT2D eigenvalue weighted by atomic mass is 9.78. The van der Waals surface area contributed by atoms with Gasteiger partial charge in [-0.1, -0.05) is 59.3 Å². The van der Waals surface area contributed by atoms with Crippen molar-refractivity contribution in [3.63, 3.8) is 0 Å². The molecule has 0 aliphatic rings. The maximum Gasteiger partial charge on any atom is 0.256 e. The van der Waals surface area contributed by atoms with Crippen molar-refractivity contribution >= 4 is 0 Å². The van der Waals surface area contributed by atoms with Crippen LogP contribution < -0.4 is 4.74 Å². The second kappa shape index (κ2) is 8.33. The number of ether oxygens (including phenoxy) is 1. The minimum Gasteiger partial charge on any atom is -0.479 e. The summed E-state index contributed by atoms with van der Waals surface area (Å²) in [6.45, 7) is 8.68. The molecule has 116 valence electrons. The Kier molecular flexibility index (Phi) is 7.11. The van der Waals surface area contributed by atoms with E-state index in [0.717, 1.165) is 18.6 Å². The van der Waals surface area contributed by atoms with Crippen LogP contribution in [0, 0.1) is 6.92 Å². The van der Waals surface area contributed by atoms with Gasteiger partial charge in [0.1, 0.15) is 0 Å². The Balaban J connectivity index is 2.84. The standard InChI is InChI=1S/C17H31NO2/c1-6-8-10-11-13-17(4,12-9-7-2)15-16(19-5)18-14(3)20-15/h6-13H2,1-5H3. The minimum absolute atomic E-state index is 0.0519. The molecule has 1 aromatic heterocycles. The summed E-state index contributed by atoms with van der Waals surface area (Å²) in [5, 5.41) is 0. The van der Waals surface area contributed by atoms with Gasteiger partial charge in [-0.15, -0.1) is 0 Å². The van der Waals surface area contributed by atoms with E-state index in [9.17, 15) is 0 Å². The molecule has 0 bridgehead atoms. The van der Waals surface area contributed by atoms with Crippen LogP contribution in [-0.4, -0.2) is 12.1 Å². The van der Waals surface area contributed by atoms with Crippen LogP contribution in [0.15, 0.2) is 4.42 Å². The molecule has 0 saturated carbocycles. The first kappa shape index (κ1) is 17.1. The monoisotopic (exact) mass is 281 g/mol. The fraction of sp³-hybridized carbons (Fsp3) is 0.824. The Morgan fingerprint density at radius 1 is 1.05 bits per heavy atom. The third-order valence-electron chi connectivity index (χ3n) is 4.11. The molecular formula is C17H31NO2. The number of aromatic nitrogens is 1. The van der Waals surface area contributed by atoms with E-state index in [0.29, 0.717) is 11.8 Å². The highest BCUT2D eigenvalue weighted by Crippen LogP contribution is 2.40. The van der Waals surface area contributed by atoms with Gasteiger partial charge in [-0.3, -0.25) is 0 Å². The number of rotatable bonds is 10. The van der Waals surface area contributed by atoms with Crippen molar-refractivity contribution in [3.8, 4) is 5.88 Å². The molecule has 0 aromatic carbocycles. The number of nitrogens with zero attached hydrogens (tertiary/aromatic N) is 1. The largest absolute Gasteiger partial charge is 0.479 e. The molecular weight excluding hydrogens is 250 g/mol. The molecule has 0 N–H and O–H groups in total. The van der Waals surface area contributed by atoms with Crippen molar-refractivity contribution in [2.24, 2.45) is 0 Å². The van der Waals surface area contributed by atoms with Crippen molar-refractivity contribution in [2.75, 3.05) is 7.11 Å². The van der Waals surface area contributed by atoms with Gasteiger partial charge in [-0.25, -0.2) is 0 Å². The first-order valence-corrected chi connectivity index (χ1v) is 8.09. The lowest BCUT2D eigenvalue weighted by molar-refractivity contribution is 0.277. The third-order valence-corrected chi connectivity index (χ3v) is 4.11. The van der Waals surface area contributed by atoms with E-state index in [1.165, 1.54) is 38.5 Å². The number of hydrogen-bond acceptors (Lipinski definition) is 3. The fourth-order valence-electron chi connectivity index (χ4n) is 2.79. The average Bonchev–Trinajstić information content (AvgIpc) is 2.83. The zero-order chi connectivity index (χ0) is 15.0. The highest BCUT2D eigenvalue weighted by atomic mass is 16.5. The van der Waals surface area contributed by atoms with Crippen LogP contribution in [0.5, 0.6) is 5.88 Å². The lowest BCUT2D eigenvalue weighted by Gasteiger charge is -2.27. The smallest absolute Gasteiger partial charge is 0.256 e. The van der Waals surface area contributed by atoms with Crippen LogP contribution in [0.3, 0.4) is 0 Å². The molecule has 20 heavy (non-hydrogen) atoms. The van der Waals surface area contributed by atoms with E-state index >= 15 is 0 Å². The Morgan fingerprint density at radius 3 is 2.30 bits per heavy atom. The van der Waals surface area contributed by atoms with Crippen LogP contribution in [0.4, 0.5) is 0 Å². The molecule has 0 radical (unpaired) electrons. The summed E-state index contributed by atoms with van der Waals surface area (Å²) in [5.74, 6) is 2.33. The maximum absolute atomic E-state index is 5.89. The SMILES string of the molecule is CCCCCCC(C)(CCCC)c1oc(C)nc1OC. The van der Waals surface area contributed by atoms with Crippen LogP contribution in [0.2, 0.25) is 0 Å². The van der Waals surface area contributed by atoms with Crippen molar-refractivity contribution < 1.29 is 9.15 Å². The average molecular weight is 281 g/mol. The van der Waals surface area contributed by atoms with E-state index in [4.69, 9.17) is 9.15 Å². The molecule has 0 aliphatic heterocycles. The molecule has 1 unspecified atom stereocenters. The first-order chi connectivity index (χ1) is 9.57. The van der Waals surface area contributed by atoms with E-state index < -0.39 is 0 Å². The van der Waals surface area contributed by atoms with Gasteiger partial charge in [-0.2, -0.15) is 4.98 Å². The summed E-state index contributed by atoms with van der Waals surface area (Å²) in [5.41, 5.74) is 0.0519. The Labute approximate surface area is 124 Å². The molecule has 1 aromatic rings. The van der Waals surface area contributed by atoms with Gasteiger partial charge in [-0.05, 0) is 12.8 Å². The Bertz CT molecular complexity index is 386. The number of unbranched alkanes of at least 4 members (excludes halogenated alkanes) is 4. The van der Waals surface area contributed by atoms with Gasteiger partial charge >= 0.3 is 0 Å².